The summed E-state index contributed by atoms with van der Waals surface area (Å²) in [5, 5.41) is 0.746. The molecule has 90 valence electrons. The SMILES string of the molecule is CCN(CC)CCCOc1ccc(Cl)cc1. The predicted molar refractivity (Wildman–Crippen MR) is 69.4 cm³/mol. The third kappa shape index (κ3) is 4.86. The molecule has 0 saturated carbocycles. The van der Waals surface area contributed by atoms with Gasteiger partial charge in [0.2, 0.25) is 0 Å². The molecule has 0 fully saturated rings. The summed E-state index contributed by atoms with van der Waals surface area (Å²) in [5.41, 5.74) is 0. The van der Waals surface area contributed by atoms with E-state index in [-0.39, 0.29) is 0 Å². The van der Waals surface area contributed by atoms with Gasteiger partial charge in [-0.2, -0.15) is 0 Å². The Morgan fingerprint density at radius 1 is 1.12 bits per heavy atom. The van der Waals surface area contributed by atoms with E-state index >= 15 is 0 Å². The lowest BCUT2D eigenvalue weighted by Gasteiger charge is -2.17. The van der Waals surface area contributed by atoms with Crippen molar-refractivity contribution < 1.29 is 4.74 Å². The van der Waals surface area contributed by atoms with Crippen molar-refractivity contribution in [1.29, 1.82) is 0 Å². The average molecular weight is 242 g/mol. The second-order valence-corrected chi connectivity index (χ2v) is 4.12. The monoisotopic (exact) mass is 241 g/mol. The van der Waals surface area contributed by atoms with E-state index in [4.69, 9.17) is 16.3 Å². The number of rotatable bonds is 7. The van der Waals surface area contributed by atoms with Gasteiger partial charge in [0.25, 0.3) is 0 Å². The first-order chi connectivity index (χ1) is 7.76. The molecule has 0 unspecified atom stereocenters. The summed E-state index contributed by atoms with van der Waals surface area (Å²) in [6, 6.07) is 7.50. The molecule has 1 aromatic rings. The van der Waals surface area contributed by atoms with Crippen molar-refractivity contribution in [3.63, 3.8) is 0 Å². The predicted octanol–water partition coefficient (Wildman–Crippen LogP) is 3.45. The normalized spacial score (nSPS) is 10.8. The lowest BCUT2D eigenvalue weighted by atomic mass is 10.3. The van der Waals surface area contributed by atoms with Crippen molar-refractivity contribution in [3.8, 4) is 5.75 Å². The molecule has 0 aromatic heterocycles. The van der Waals surface area contributed by atoms with Crippen LogP contribution in [-0.4, -0.2) is 31.1 Å². The molecule has 0 aliphatic rings. The molecule has 0 spiro atoms. The highest BCUT2D eigenvalue weighted by Gasteiger charge is 1.99. The average Bonchev–Trinajstić information content (AvgIpc) is 2.32. The van der Waals surface area contributed by atoms with Gasteiger partial charge < -0.3 is 9.64 Å². The molecule has 0 radical (unpaired) electrons. The first-order valence-corrected chi connectivity index (χ1v) is 6.24. The van der Waals surface area contributed by atoms with Gasteiger partial charge in [-0.25, -0.2) is 0 Å². The number of halogens is 1. The molecular weight excluding hydrogens is 222 g/mol. The summed E-state index contributed by atoms with van der Waals surface area (Å²) in [6.45, 7) is 8.45. The molecule has 0 aliphatic carbocycles. The third-order valence-corrected chi connectivity index (χ3v) is 2.85. The van der Waals surface area contributed by atoms with Crippen LogP contribution in [0.25, 0.3) is 0 Å². The summed E-state index contributed by atoms with van der Waals surface area (Å²) in [5.74, 6) is 0.893. The number of hydrogen-bond donors (Lipinski definition) is 0. The Hall–Kier alpha value is -0.730. The number of ether oxygens (including phenoxy) is 1. The number of benzene rings is 1. The Bertz CT molecular complexity index is 282. The van der Waals surface area contributed by atoms with Crippen LogP contribution < -0.4 is 4.74 Å². The van der Waals surface area contributed by atoms with Crippen molar-refractivity contribution in [2.24, 2.45) is 0 Å². The summed E-state index contributed by atoms with van der Waals surface area (Å²) >= 11 is 5.79. The van der Waals surface area contributed by atoms with E-state index in [0.717, 1.165) is 43.4 Å². The zero-order valence-electron chi connectivity index (χ0n) is 10.1. The smallest absolute Gasteiger partial charge is 0.119 e. The molecule has 0 aliphatic heterocycles. The molecule has 1 aromatic carbocycles. The molecule has 0 bridgehead atoms. The van der Waals surface area contributed by atoms with Crippen molar-refractivity contribution in [2.45, 2.75) is 20.3 Å². The van der Waals surface area contributed by atoms with Gasteiger partial charge in [0.1, 0.15) is 5.75 Å². The van der Waals surface area contributed by atoms with Gasteiger partial charge in [0, 0.05) is 11.6 Å². The molecule has 0 heterocycles. The minimum Gasteiger partial charge on any atom is -0.494 e. The summed E-state index contributed by atoms with van der Waals surface area (Å²) in [4.78, 5) is 2.39. The van der Waals surface area contributed by atoms with Crippen LogP contribution >= 0.6 is 11.6 Å². The molecule has 1 rings (SSSR count). The maximum atomic E-state index is 5.79. The van der Waals surface area contributed by atoms with Crippen LogP contribution in [0.3, 0.4) is 0 Å². The van der Waals surface area contributed by atoms with Gasteiger partial charge in [-0.1, -0.05) is 25.4 Å². The minimum absolute atomic E-state index is 0.746. The van der Waals surface area contributed by atoms with Crippen LogP contribution in [0.4, 0.5) is 0 Å². The lowest BCUT2D eigenvalue weighted by Crippen LogP contribution is -2.25. The van der Waals surface area contributed by atoms with Crippen molar-refractivity contribution in [2.75, 3.05) is 26.2 Å². The largest absolute Gasteiger partial charge is 0.494 e. The van der Waals surface area contributed by atoms with Gasteiger partial charge in [-0.05, 0) is 43.8 Å². The van der Waals surface area contributed by atoms with Crippen LogP contribution in [0.1, 0.15) is 20.3 Å². The van der Waals surface area contributed by atoms with Gasteiger partial charge in [-0.3, -0.25) is 0 Å². The van der Waals surface area contributed by atoms with Crippen molar-refractivity contribution in [3.05, 3.63) is 29.3 Å². The Morgan fingerprint density at radius 2 is 1.75 bits per heavy atom. The maximum absolute atomic E-state index is 5.79. The molecule has 0 amide bonds. The topological polar surface area (TPSA) is 12.5 Å². The van der Waals surface area contributed by atoms with E-state index in [1.807, 2.05) is 24.3 Å². The number of hydrogen-bond acceptors (Lipinski definition) is 2. The molecule has 2 nitrogen and oxygen atoms in total. The van der Waals surface area contributed by atoms with Gasteiger partial charge in [0.05, 0.1) is 6.61 Å². The zero-order valence-corrected chi connectivity index (χ0v) is 10.8. The molecule has 0 saturated heterocycles. The standard InChI is InChI=1S/C13H20ClNO/c1-3-15(4-2)10-5-11-16-13-8-6-12(14)7-9-13/h6-9H,3-5,10-11H2,1-2H3. The Morgan fingerprint density at radius 3 is 2.31 bits per heavy atom. The Kier molecular flexibility index (Phi) is 6.27. The highest BCUT2D eigenvalue weighted by atomic mass is 35.5. The highest BCUT2D eigenvalue weighted by Crippen LogP contribution is 2.15. The first kappa shape index (κ1) is 13.3. The molecule has 16 heavy (non-hydrogen) atoms. The molecule has 0 N–H and O–H groups in total. The van der Waals surface area contributed by atoms with Crippen molar-refractivity contribution in [1.82, 2.24) is 4.90 Å². The summed E-state index contributed by atoms with van der Waals surface area (Å²) < 4.78 is 5.62. The summed E-state index contributed by atoms with van der Waals surface area (Å²) in [6.07, 6.45) is 1.06. The van der Waals surface area contributed by atoms with E-state index in [1.54, 1.807) is 0 Å². The van der Waals surface area contributed by atoms with Crippen LogP contribution in [0.5, 0.6) is 5.75 Å². The minimum atomic E-state index is 0.746. The van der Waals surface area contributed by atoms with E-state index in [1.165, 1.54) is 0 Å². The quantitative estimate of drug-likeness (QED) is 0.678. The second kappa shape index (κ2) is 7.53. The molecular formula is C13H20ClNO. The maximum Gasteiger partial charge on any atom is 0.119 e. The van der Waals surface area contributed by atoms with E-state index < -0.39 is 0 Å². The van der Waals surface area contributed by atoms with Crippen LogP contribution in [0.2, 0.25) is 5.02 Å². The third-order valence-electron chi connectivity index (χ3n) is 2.60. The van der Waals surface area contributed by atoms with Crippen LogP contribution in [0.15, 0.2) is 24.3 Å². The zero-order chi connectivity index (χ0) is 11.8. The van der Waals surface area contributed by atoms with Gasteiger partial charge in [0.15, 0.2) is 0 Å². The molecule has 0 atom stereocenters. The fourth-order valence-electron chi connectivity index (χ4n) is 1.55. The van der Waals surface area contributed by atoms with Crippen LogP contribution in [-0.2, 0) is 0 Å². The Balaban J connectivity index is 2.18. The molecule has 3 heteroatoms. The van der Waals surface area contributed by atoms with Gasteiger partial charge >= 0.3 is 0 Å². The second-order valence-electron chi connectivity index (χ2n) is 3.68. The number of nitrogens with zero attached hydrogens (tertiary/aromatic N) is 1. The fourth-order valence-corrected chi connectivity index (χ4v) is 1.67. The highest BCUT2D eigenvalue weighted by molar-refractivity contribution is 6.30. The fraction of sp³-hybridized carbons (Fsp3) is 0.538. The van der Waals surface area contributed by atoms with E-state index in [9.17, 15) is 0 Å². The first-order valence-electron chi connectivity index (χ1n) is 5.87. The summed E-state index contributed by atoms with van der Waals surface area (Å²) in [7, 11) is 0. The van der Waals surface area contributed by atoms with Crippen LogP contribution in [0, 0.1) is 0 Å². The van der Waals surface area contributed by atoms with Crippen molar-refractivity contribution >= 4 is 11.6 Å². The van der Waals surface area contributed by atoms with Gasteiger partial charge in [-0.15, -0.1) is 0 Å². The Labute approximate surface area is 103 Å². The lowest BCUT2D eigenvalue weighted by molar-refractivity contribution is 0.249. The van der Waals surface area contributed by atoms with E-state index in [2.05, 4.69) is 18.7 Å². The van der Waals surface area contributed by atoms with E-state index in [0.29, 0.717) is 0 Å².